The highest BCUT2D eigenvalue weighted by atomic mass is 16.2. The van der Waals surface area contributed by atoms with Gasteiger partial charge in [0.15, 0.2) is 0 Å². The largest absolute Gasteiger partial charge is 0.353 e. The molecule has 0 bridgehead atoms. The van der Waals surface area contributed by atoms with Gasteiger partial charge in [-0.25, -0.2) is 4.98 Å². The molecule has 0 radical (unpaired) electrons. The van der Waals surface area contributed by atoms with Crippen molar-refractivity contribution in [3.63, 3.8) is 0 Å². The van der Waals surface area contributed by atoms with E-state index < -0.39 is 0 Å². The minimum Gasteiger partial charge on any atom is -0.353 e. The van der Waals surface area contributed by atoms with E-state index in [9.17, 15) is 9.59 Å². The van der Waals surface area contributed by atoms with Gasteiger partial charge in [0, 0.05) is 44.8 Å². The van der Waals surface area contributed by atoms with E-state index in [1.165, 1.54) is 12.8 Å². The number of aromatic nitrogens is 1. The molecule has 2 aliphatic rings. The van der Waals surface area contributed by atoms with Crippen LogP contribution in [0.15, 0.2) is 42.6 Å². The third-order valence-corrected chi connectivity index (χ3v) is 5.70. The molecule has 7 heteroatoms. The number of benzene rings is 1. The van der Waals surface area contributed by atoms with E-state index in [4.69, 9.17) is 0 Å². The van der Waals surface area contributed by atoms with Crippen molar-refractivity contribution in [2.75, 3.05) is 49.5 Å². The molecule has 0 saturated carbocycles. The average molecular weight is 408 g/mol. The molecule has 0 spiro atoms. The number of hydrogen-bond acceptors (Lipinski definition) is 5. The van der Waals surface area contributed by atoms with Crippen molar-refractivity contribution < 1.29 is 9.59 Å². The molecule has 2 N–H and O–H groups in total. The van der Waals surface area contributed by atoms with Crippen molar-refractivity contribution in [3.05, 3.63) is 53.7 Å². The third kappa shape index (κ3) is 4.79. The Morgan fingerprint density at radius 2 is 1.63 bits per heavy atom. The maximum Gasteiger partial charge on any atom is 0.257 e. The van der Waals surface area contributed by atoms with Gasteiger partial charge in [-0.3, -0.25) is 9.59 Å². The Morgan fingerprint density at radius 3 is 2.33 bits per heavy atom. The Morgan fingerprint density at radius 1 is 0.933 bits per heavy atom. The van der Waals surface area contributed by atoms with E-state index in [1.54, 1.807) is 24.4 Å². The van der Waals surface area contributed by atoms with Crippen molar-refractivity contribution in [2.45, 2.75) is 25.7 Å². The zero-order valence-electron chi connectivity index (χ0n) is 17.3. The van der Waals surface area contributed by atoms with E-state index >= 15 is 0 Å². The van der Waals surface area contributed by atoms with Crippen molar-refractivity contribution in [3.8, 4) is 0 Å². The maximum atomic E-state index is 13.5. The lowest BCUT2D eigenvalue weighted by atomic mass is 10.1. The highest BCUT2D eigenvalue weighted by Gasteiger charge is 2.25. The first-order valence-corrected chi connectivity index (χ1v) is 10.8. The van der Waals surface area contributed by atoms with Crippen LogP contribution in [-0.2, 0) is 0 Å². The summed E-state index contributed by atoms with van der Waals surface area (Å²) in [6.45, 7) is 4.91. The molecule has 0 aliphatic carbocycles. The first kappa shape index (κ1) is 20.3. The molecule has 0 atom stereocenters. The molecule has 4 rings (SSSR count). The predicted octanol–water partition coefficient (Wildman–Crippen LogP) is 2.76. The molecule has 3 heterocycles. The summed E-state index contributed by atoms with van der Waals surface area (Å²) < 4.78 is 0. The normalized spacial score (nSPS) is 17.3. The van der Waals surface area contributed by atoms with Crippen LogP contribution in [0, 0.1) is 0 Å². The summed E-state index contributed by atoms with van der Waals surface area (Å²) in [4.78, 5) is 34.8. The van der Waals surface area contributed by atoms with E-state index in [2.05, 4.69) is 20.5 Å². The summed E-state index contributed by atoms with van der Waals surface area (Å²) >= 11 is 0. The zero-order valence-corrected chi connectivity index (χ0v) is 17.3. The van der Waals surface area contributed by atoms with Crippen LogP contribution in [0.3, 0.4) is 0 Å². The SMILES string of the molecule is O=C(Nc1cnc(N2CCNCC2)c(C(=O)N2CCCCCC2)c1)c1ccccc1. The van der Waals surface area contributed by atoms with Crippen LogP contribution in [0.1, 0.15) is 46.4 Å². The summed E-state index contributed by atoms with van der Waals surface area (Å²) in [5.74, 6) is 0.512. The number of anilines is 2. The lowest BCUT2D eigenvalue weighted by Crippen LogP contribution is -2.45. The van der Waals surface area contributed by atoms with E-state index in [-0.39, 0.29) is 11.8 Å². The Hall–Kier alpha value is -2.93. The molecule has 158 valence electrons. The first-order valence-electron chi connectivity index (χ1n) is 10.8. The van der Waals surface area contributed by atoms with Crippen LogP contribution < -0.4 is 15.5 Å². The summed E-state index contributed by atoms with van der Waals surface area (Å²) in [5, 5.41) is 6.23. The fourth-order valence-corrected chi connectivity index (χ4v) is 4.05. The lowest BCUT2D eigenvalue weighted by molar-refractivity contribution is 0.0761. The van der Waals surface area contributed by atoms with Gasteiger partial charge in [-0.15, -0.1) is 0 Å². The molecular formula is C23H29N5O2. The van der Waals surface area contributed by atoms with Gasteiger partial charge < -0.3 is 20.4 Å². The van der Waals surface area contributed by atoms with Crippen LogP contribution in [0.25, 0.3) is 0 Å². The minimum atomic E-state index is -0.208. The number of nitrogens with one attached hydrogen (secondary N) is 2. The van der Waals surface area contributed by atoms with Gasteiger partial charge >= 0.3 is 0 Å². The zero-order chi connectivity index (χ0) is 20.8. The number of amides is 2. The Bertz CT molecular complexity index is 872. The van der Waals surface area contributed by atoms with Crippen LogP contribution in [-0.4, -0.2) is 61.0 Å². The summed E-state index contributed by atoms with van der Waals surface area (Å²) in [6.07, 6.45) is 6.05. The molecule has 1 aromatic heterocycles. The Kier molecular flexibility index (Phi) is 6.59. The quantitative estimate of drug-likeness (QED) is 0.815. The number of piperazine rings is 1. The lowest BCUT2D eigenvalue weighted by Gasteiger charge is -2.31. The number of rotatable bonds is 4. The van der Waals surface area contributed by atoms with Crippen LogP contribution in [0.2, 0.25) is 0 Å². The van der Waals surface area contributed by atoms with E-state index in [0.717, 1.165) is 52.1 Å². The van der Waals surface area contributed by atoms with Gasteiger partial charge in [-0.1, -0.05) is 31.0 Å². The summed E-state index contributed by atoms with van der Waals surface area (Å²) in [6, 6.07) is 10.9. The first-order chi connectivity index (χ1) is 14.7. The molecular weight excluding hydrogens is 378 g/mol. The highest BCUT2D eigenvalue weighted by molar-refractivity contribution is 6.05. The molecule has 2 aliphatic heterocycles. The molecule has 2 fully saturated rings. The fraction of sp³-hybridized carbons (Fsp3) is 0.435. The highest BCUT2D eigenvalue weighted by Crippen LogP contribution is 2.25. The predicted molar refractivity (Wildman–Crippen MR) is 118 cm³/mol. The smallest absolute Gasteiger partial charge is 0.257 e. The van der Waals surface area contributed by atoms with Crippen LogP contribution in [0.5, 0.6) is 0 Å². The minimum absolute atomic E-state index is 0.00810. The van der Waals surface area contributed by atoms with Crippen LogP contribution in [0.4, 0.5) is 11.5 Å². The second-order valence-corrected chi connectivity index (χ2v) is 7.86. The van der Waals surface area contributed by atoms with Crippen molar-refractivity contribution in [2.24, 2.45) is 0 Å². The molecule has 30 heavy (non-hydrogen) atoms. The maximum absolute atomic E-state index is 13.5. The van der Waals surface area contributed by atoms with Crippen molar-refractivity contribution in [1.29, 1.82) is 0 Å². The second kappa shape index (κ2) is 9.71. The second-order valence-electron chi connectivity index (χ2n) is 7.86. The van der Waals surface area contributed by atoms with Crippen molar-refractivity contribution in [1.82, 2.24) is 15.2 Å². The number of likely N-dealkylation sites (tertiary alicyclic amines) is 1. The summed E-state index contributed by atoms with van der Waals surface area (Å²) in [5.41, 5.74) is 1.69. The van der Waals surface area contributed by atoms with E-state index in [0.29, 0.717) is 22.6 Å². The number of hydrogen-bond donors (Lipinski definition) is 2. The topological polar surface area (TPSA) is 77.6 Å². The van der Waals surface area contributed by atoms with E-state index in [1.807, 2.05) is 23.1 Å². The number of pyridine rings is 1. The molecule has 2 aromatic rings. The van der Waals surface area contributed by atoms with Gasteiger partial charge in [0.1, 0.15) is 5.82 Å². The van der Waals surface area contributed by atoms with Gasteiger partial charge in [-0.05, 0) is 31.0 Å². The van der Waals surface area contributed by atoms with Gasteiger partial charge in [0.05, 0.1) is 17.4 Å². The standard InChI is InChI=1S/C23H29N5O2/c29-22(18-8-4-3-5-9-18)26-19-16-20(23(30)28-12-6-1-2-7-13-28)21(25-17-19)27-14-10-24-11-15-27/h3-5,8-9,16-17,24H,1-2,6-7,10-15H2,(H,26,29). The number of nitrogens with zero attached hydrogens (tertiary/aromatic N) is 3. The van der Waals surface area contributed by atoms with Crippen LogP contribution >= 0.6 is 0 Å². The number of carbonyl (C=O) groups is 2. The van der Waals surface area contributed by atoms with Gasteiger partial charge in [0.2, 0.25) is 0 Å². The Balaban J connectivity index is 1.62. The van der Waals surface area contributed by atoms with Gasteiger partial charge in [0.25, 0.3) is 11.8 Å². The fourth-order valence-electron chi connectivity index (χ4n) is 4.05. The van der Waals surface area contributed by atoms with Crippen molar-refractivity contribution >= 4 is 23.3 Å². The molecule has 7 nitrogen and oxygen atoms in total. The molecule has 2 amide bonds. The average Bonchev–Trinajstić information content (AvgIpc) is 3.09. The monoisotopic (exact) mass is 407 g/mol. The van der Waals surface area contributed by atoms with Gasteiger partial charge in [-0.2, -0.15) is 0 Å². The summed E-state index contributed by atoms with van der Waals surface area (Å²) in [7, 11) is 0. The molecule has 1 aromatic carbocycles. The molecule has 2 saturated heterocycles. The number of carbonyl (C=O) groups excluding carboxylic acids is 2. The third-order valence-electron chi connectivity index (χ3n) is 5.70. The Labute approximate surface area is 177 Å². The molecule has 0 unspecified atom stereocenters.